The molecule has 152 valence electrons. The fourth-order valence-corrected chi connectivity index (χ4v) is 3.80. The lowest BCUT2D eigenvalue weighted by Crippen LogP contribution is -2.44. The van der Waals surface area contributed by atoms with Gasteiger partial charge in [0.1, 0.15) is 0 Å². The largest absolute Gasteiger partial charge is 0.352 e. The summed E-state index contributed by atoms with van der Waals surface area (Å²) in [7, 11) is 0. The number of amides is 2. The van der Waals surface area contributed by atoms with E-state index in [4.69, 9.17) is 0 Å². The summed E-state index contributed by atoms with van der Waals surface area (Å²) in [5.74, 6) is 0.352. The minimum absolute atomic E-state index is 0.0138. The molecule has 1 aliphatic carbocycles. The summed E-state index contributed by atoms with van der Waals surface area (Å²) >= 11 is 0. The third kappa shape index (κ3) is 5.67. The van der Waals surface area contributed by atoms with Crippen molar-refractivity contribution in [1.82, 2.24) is 15.5 Å². The van der Waals surface area contributed by atoms with Crippen molar-refractivity contribution in [2.24, 2.45) is 5.92 Å². The topological polar surface area (TPSA) is 61.4 Å². The lowest BCUT2D eigenvalue weighted by Gasteiger charge is -2.32. The van der Waals surface area contributed by atoms with Crippen LogP contribution >= 0.6 is 0 Å². The minimum atomic E-state index is -0.0138. The van der Waals surface area contributed by atoms with Gasteiger partial charge in [-0.25, -0.2) is 0 Å². The van der Waals surface area contributed by atoms with E-state index in [-0.39, 0.29) is 23.8 Å². The lowest BCUT2D eigenvalue weighted by atomic mass is 10.0. The van der Waals surface area contributed by atoms with Gasteiger partial charge >= 0.3 is 0 Å². The van der Waals surface area contributed by atoms with Gasteiger partial charge in [0, 0.05) is 43.7 Å². The number of benzene rings is 2. The van der Waals surface area contributed by atoms with Crippen LogP contribution in [-0.4, -0.2) is 35.8 Å². The van der Waals surface area contributed by atoms with Crippen LogP contribution in [0.1, 0.15) is 47.2 Å². The van der Waals surface area contributed by atoms with Gasteiger partial charge in [-0.2, -0.15) is 0 Å². The number of rotatable bonds is 7. The summed E-state index contributed by atoms with van der Waals surface area (Å²) in [6.45, 7) is 3.50. The van der Waals surface area contributed by atoms with Crippen molar-refractivity contribution in [1.29, 1.82) is 0 Å². The van der Waals surface area contributed by atoms with E-state index in [0.717, 1.165) is 50.9 Å². The Morgan fingerprint density at radius 2 is 1.55 bits per heavy atom. The van der Waals surface area contributed by atoms with Gasteiger partial charge in [-0.15, -0.1) is 0 Å². The fraction of sp³-hybridized carbons (Fsp3) is 0.417. The highest BCUT2D eigenvalue weighted by Gasteiger charge is 2.29. The van der Waals surface area contributed by atoms with E-state index in [1.54, 1.807) is 0 Å². The van der Waals surface area contributed by atoms with Crippen LogP contribution in [0.15, 0.2) is 54.6 Å². The molecule has 1 saturated heterocycles. The van der Waals surface area contributed by atoms with Crippen molar-refractivity contribution in [3.63, 3.8) is 0 Å². The van der Waals surface area contributed by atoms with Gasteiger partial charge in [-0.05, 0) is 48.9 Å². The summed E-state index contributed by atoms with van der Waals surface area (Å²) in [6, 6.07) is 18.3. The van der Waals surface area contributed by atoms with E-state index in [0.29, 0.717) is 12.1 Å². The van der Waals surface area contributed by atoms with Crippen molar-refractivity contribution in [2.45, 2.75) is 44.8 Å². The number of nitrogens with zero attached hydrogens (tertiary/aromatic N) is 1. The third-order valence-electron chi connectivity index (χ3n) is 5.80. The van der Waals surface area contributed by atoms with Crippen LogP contribution in [0.4, 0.5) is 0 Å². The Bertz CT molecular complexity index is 823. The Balaban J connectivity index is 1.20. The first kappa shape index (κ1) is 19.6. The zero-order valence-corrected chi connectivity index (χ0v) is 16.8. The van der Waals surface area contributed by atoms with Crippen molar-refractivity contribution in [3.8, 4) is 0 Å². The second-order valence-electron chi connectivity index (χ2n) is 8.20. The second-order valence-corrected chi connectivity index (χ2v) is 8.20. The quantitative estimate of drug-likeness (QED) is 0.762. The average Bonchev–Trinajstić information content (AvgIpc) is 3.60. The number of carbonyl (C=O) groups is 2. The first-order valence-corrected chi connectivity index (χ1v) is 10.6. The van der Waals surface area contributed by atoms with Gasteiger partial charge in [-0.1, -0.05) is 42.5 Å². The Kier molecular flexibility index (Phi) is 6.25. The zero-order chi connectivity index (χ0) is 20.1. The van der Waals surface area contributed by atoms with Gasteiger partial charge in [0.25, 0.3) is 5.91 Å². The van der Waals surface area contributed by atoms with E-state index in [1.807, 2.05) is 30.3 Å². The minimum Gasteiger partial charge on any atom is -0.352 e. The molecule has 1 heterocycles. The first-order chi connectivity index (χ1) is 14.2. The molecule has 1 saturated carbocycles. The molecule has 2 amide bonds. The normalized spacial score (nSPS) is 17.7. The van der Waals surface area contributed by atoms with Crippen LogP contribution in [0, 0.1) is 5.92 Å². The van der Waals surface area contributed by atoms with Crippen molar-refractivity contribution < 1.29 is 9.59 Å². The Morgan fingerprint density at radius 1 is 0.862 bits per heavy atom. The summed E-state index contributed by atoms with van der Waals surface area (Å²) in [5.41, 5.74) is 3.03. The average molecular weight is 392 g/mol. The van der Waals surface area contributed by atoms with E-state index in [2.05, 4.69) is 39.8 Å². The number of nitrogens with one attached hydrogen (secondary N) is 2. The summed E-state index contributed by atoms with van der Waals surface area (Å²) < 4.78 is 0. The van der Waals surface area contributed by atoms with Crippen LogP contribution in [0.3, 0.4) is 0 Å². The highest BCUT2D eigenvalue weighted by Crippen LogP contribution is 2.28. The van der Waals surface area contributed by atoms with E-state index in [1.165, 1.54) is 5.56 Å². The first-order valence-electron chi connectivity index (χ1n) is 10.6. The molecule has 5 nitrogen and oxygen atoms in total. The highest BCUT2D eigenvalue weighted by molar-refractivity contribution is 5.94. The van der Waals surface area contributed by atoms with Crippen LogP contribution in [0.25, 0.3) is 0 Å². The number of hydrogen-bond acceptors (Lipinski definition) is 3. The monoisotopic (exact) mass is 391 g/mol. The van der Waals surface area contributed by atoms with Gasteiger partial charge in [0.2, 0.25) is 5.91 Å². The molecule has 5 heteroatoms. The molecule has 2 aromatic rings. The van der Waals surface area contributed by atoms with Gasteiger partial charge in [0.15, 0.2) is 0 Å². The van der Waals surface area contributed by atoms with E-state index >= 15 is 0 Å². The van der Waals surface area contributed by atoms with Crippen molar-refractivity contribution in [3.05, 3.63) is 71.3 Å². The maximum atomic E-state index is 12.6. The molecule has 4 rings (SSSR count). The molecule has 2 fully saturated rings. The molecule has 0 unspecified atom stereocenters. The molecule has 0 spiro atoms. The molecular formula is C24H29N3O2. The number of likely N-dealkylation sites (tertiary alicyclic amines) is 1. The van der Waals surface area contributed by atoms with E-state index < -0.39 is 0 Å². The molecule has 0 radical (unpaired) electrons. The maximum absolute atomic E-state index is 12.6. The number of hydrogen-bond donors (Lipinski definition) is 2. The van der Waals surface area contributed by atoms with Gasteiger partial charge < -0.3 is 10.6 Å². The molecule has 0 aromatic heterocycles. The number of carbonyl (C=O) groups excluding carboxylic acids is 2. The van der Waals surface area contributed by atoms with Crippen molar-refractivity contribution >= 4 is 11.8 Å². The van der Waals surface area contributed by atoms with Gasteiger partial charge in [0.05, 0.1) is 0 Å². The van der Waals surface area contributed by atoms with Crippen molar-refractivity contribution in [2.75, 3.05) is 13.1 Å². The third-order valence-corrected chi connectivity index (χ3v) is 5.80. The molecule has 0 bridgehead atoms. The molecule has 1 aliphatic heterocycles. The smallest absolute Gasteiger partial charge is 0.251 e. The predicted molar refractivity (Wildman–Crippen MR) is 113 cm³/mol. The van der Waals surface area contributed by atoms with Crippen LogP contribution in [0.2, 0.25) is 0 Å². The molecule has 29 heavy (non-hydrogen) atoms. The Hall–Kier alpha value is -2.66. The van der Waals surface area contributed by atoms with Crippen LogP contribution < -0.4 is 10.6 Å². The highest BCUT2D eigenvalue weighted by atomic mass is 16.2. The van der Waals surface area contributed by atoms with E-state index in [9.17, 15) is 9.59 Å². The molecule has 2 aromatic carbocycles. The Labute approximate surface area is 172 Å². The zero-order valence-electron chi connectivity index (χ0n) is 16.8. The fourth-order valence-electron chi connectivity index (χ4n) is 3.80. The maximum Gasteiger partial charge on any atom is 0.251 e. The summed E-state index contributed by atoms with van der Waals surface area (Å²) in [4.78, 5) is 26.7. The summed E-state index contributed by atoms with van der Waals surface area (Å²) in [5, 5.41) is 6.13. The molecule has 0 atom stereocenters. The lowest BCUT2D eigenvalue weighted by molar-refractivity contribution is -0.122. The standard InChI is InChI=1S/C24H29N3O2/c28-23(20-10-11-20)25-16-18-6-8-21(9-7-18)24(29)26-22-12-14-27(15-13-22)17-19-4-2-1-3-5-19/h1-9,20,22H,10-17H2,(H,25,28)(H,26,29). The SMILES string of the molecule is O=C(NC1CCN(Cc2ccccc2)CC1)c1ccc(CNC(=O)C2CC2)cc1. The van der Waals surface area contributed by atoms with Crippen LogP contribution in [-0.2, 0) is 17.9 Å². The molecule has 2 aliphatic rings. The van der Waals surface area contributed by atoms with Crippen LogP contribution in [0.5, 0.6) is 0 Å². The summed E-state index contributed by atoms with van der Waals surface area (Å²) in [6.07, 6.45) is 3.97. The number of piperidine rings is 1. The second kappa shape index (κ2) is 9.23. The molecular weight excluding hydrogens is 362 g/mol. The van der Waals surface area contributed by atoms with Gasteiger partial charge in [-0.3, -0.25) is 14.5 Å². The Morgan fingerprint density at radius 3 is 2.21 bits per heavy atom. The molecule has 2 N–H and O–H groups in total. The predicted octanol–water partition coefficient (Wildman–Crippen LogP) is 3.11.